The smallest absolute Gasteiger partial charge is 0.251 e. The summed E-state index contributed by atoms with van der Waals surface area (Å²) < 4.78 is 19.6. The zero-order chi connectivity index (χ0) is 20.3. The maximum absolute atomic E-state index is 13.8. The minimum Gasteiger partial charge on any atom is -0.473 e. The number of ether oxygens (including phenoxy) is 1. The zero-order valence-electron chi connectivity index (χ0n) is 14.8. The SMILES string of the molecule is NC(=O)c1ccc(NC(=O)C2CCC(Oc3ncc(Cl)cc3Cl)CC2)cc1F. The molecule has 28 heavy (non-hydrogen) atoms. The molecule has 3 rings (SSSR count). The molecule has 3 N–H and O–H groups in total. The minimum atomic E-state index is -0.857. The van der Waals surface area contributed by atoms with Crippen molar-refractivity contribution in [1.82, 2.24) is 4.98 Å². The number of amides is 2. The molecule has 2 amide bonds. The van der Waals surface area contributed by atoms with E-state index in [1.54, 1.807) is 6.07 Å². The Balaban J connectivity index is 1.53. The molecule has 0 atom stereocenters. The lowest BCUT2D eigenvalue weighted by atomic mass is 9.86. The van der Waals surface area contributed by atoms with Gasteiger partial charge in [0, 0.05) is 17.8 Å². The Morgan fingerprint density at radius 2 is 1.89 bits per heavy atom. The van der Waals surface area contributed by atoms with Crippen molar-refractivity contribution in [3.63, 3.8) is 0 Å². The van der Waals surface area contributed by atoms with E-state index in [0.29, 0.717) is 41.6 Å². The van der Waals surface area contributed by atoms with E-state index in [2.05, 4.69) is 10.3 Å². The molecule has 1 heterocycles. The summed E-state index contributed by atoms with van der Waals surface area (Å²) in [6.45, 7) is 0. The first-order chi connectivity index (χ1) is 13.3. The highest BCUT2D eigenvalue weighted by atomic mass is 35.5. The molecule has 9 heteroatoms. The highest BCUT2D eigenvalue weighted by Gasteiger charge is 2.28. The van der Waals surface area contributed by atoms with Gasteiger partial charge in [0.1, 0.15) is 16.9 Å². The molecule has 0 bridgehead atoms. The number of anilines is 1. The highest BCUT2D eigenvalue weighted by molar-refractivity contribution is 6.35. The lowest BCUT2D eigenvalue weighted by molar-refractivity contribution is -0.121. The molecule has 0 spiro atoms. The summed E-state index contributed by atoms with van der Waals surface area (Å²) in [4.78, 5) is 27.6. The van der Waals surface area contributed by atoms with Crippen LogP contribution in [-0.4, -0.2) is 22.9 Å². The molecule has 1 fully saturated rings. The predicted molar refractivity (Wildman–Crippen MR) is 104 cm³/mol. The molecule has 1 aromatic heterocycles. The summed E-state index contributed by atoms with van der Waals surface area (Å²) in [6, 6.07) is 5.35. The van der Waals surface area contributed by atoms with Crippen LogP contribution >= 0.6 is 23.2 Å². The molecule has 2 aromatic rings. The fourth-order valence-electron chi connectivity index (χ4n) is 3.13. The van der Waals surface area contributed by atoms with E-state index in [0.717, 1.165) is 6.07 Å². The number of aromatic nitrogens is 1. The number of primary amides is 1. The molecule has 1 aliphatic carbocycles. The van der Waals surface area contributed by atoms with Crippen LogP contribution in [0.5, 0.6) is 5.88 Å². The van der Waals surface area contributed by atoms with Gasteiger partial charge in [-0.3, -0.25) is 9.59 Å². The average molecular weight is 426 g/mol. The lowest BCUT2D eigenvalue weighted by Crippen LogP contribution is -2.31. The molecule has 1 aromatic carbocycles. The molecule has 0 radical (unpaired) electrons. The van der Waals surface area contributed by atoms with Crippen LogP contribution in [0, 0.1) is 11.7 Å². The van der Waals surface area contributed by atoms with Crippen molar-refractivity contribution in [2.45, 2.75) is 31.8 Å². The van der Waals surface area contributed by atoms with Crippen molar-refractivity contribution in [3.05, 3.63) is 51.9 Å². The van der Waals surface area contributed by atoms with Gasteiger partial charge in [0.15, 0.2) is 0 Å². The molecule has 0 saturated heterocycles. The van der Waals surface area contributed by atoms with Gasteiger partial charge in [-0.2, -0.15) is 0 Å². The van der Waals surface area contributed by atoms with E-state index in [-0.39, 0.29) is 29.2 Å². The number of hydrogen-bond acceptors (Lipinski definition) is 4. The minimum absolute atomic E-state index is 0.0949. The van der Waals surface area contributed by atoms with E-state index in [1.165, 1.54) is 18.3 Å². The van der Waals surface area contributed by atoms with Crippen LogP contribution in [0.2, 0.25) is 10.0 Å². The summed E-state index contributed by atoms with van der Waals surface area (Å²) in [5.74, 6) is -1.72. The first kappa shape index (κ1) is 20.4. The van der Waals surface area contributed by atoms with Crippen molar-refractivity contribution in [2.24, 2.45) is 11.7 Å². The van der Waals surface area contributed by atoms with Gasteiger partial charge in [0.25, 0.3) is 5.91 Å². The number of benzene rings is 1. The van der Waals surface area contributed by atoms with E-state index in [1.807, 2.05) is 0 Å². The maximum Gasteiger partial charge on any atom is 0.251 e. The normalized spacial score (nSPS) is 19.1. The van der Waals surface area contributed by atoms with E-state index >= 15 is 0 Å². The third-order valence-electron chi connectivity index (χ3n) is 4.60. The van der Waals surface area contributed by atoms with Crippen molar-refractivity contribution in [3.8, 4) is 5.88 Å². The fourth-order valence-corrected chi connectivity index (χ4v) is 3.55. The summed E-state index contributed by atoms with van der Waals surface area (Å²) in [5.41, 5.74) is 5.13. The van der Waals surface area contributed by atoms with Gasteiger partial charge >= 0.3 is 0 Å². The number of rotatable bonds is 5. The van der Waals surface area contributed by atoms with Gasteiger partial charge in [-0.1, -0.05) is 23.2 Å². The largest absolute Gasteiger partial charge is 0.473 e. The Morgan fingerprint density at radius 1 is 1.18 bits per heavy atom. The number of nitrogens with two attached hydrogens (primary N) is 1. The van der Waals surface area contributed by atoms with Crippen LogP contribution < -0.4 is 15.8 Å². The predicted octanol–water partition coefficient (Wildman–Crippen LogP) is 4.20. The third-order valence-corrected chi connectivity index (χ3v) is 5.08. The summed E-state index contributed by atoms with van der Waals surface area (Å²) >= 11 is 11.9. The Morgan fingerprint density at radius 3 is 2.50 bits per heavy atom. The topological polar surface area (TPSA) is 94.3 Å². The quantitative estimate of drug-likeness (QED) is 0.749. The van der Waals surface area contributed by atoms with Crippen molar-refractivity contribution in [2.75, 3.05) is 5.32 Å². The first-order valence-corrected chi connectivity index (χ1v) is 9.47. The fraction of sp³-hybridized carbons (Fsp3) is 0.316. The number of pyridine rings is 1. The Bertz CT molecular complexity index is 902. The lowest BCUT2D eigenvalue weighted by Gasteiger charge is -2.28. The van der Waals surface area contributed by atoms with Gasteiger partial charge in [0.2, 0.25) is 11.8 Å². The molecule has 1 aliphatic rings. The van der Waals surface area contributed by atoms with Crippen LogP contribution in [-0.2, 0) is 4.79 Å². The number of halogens is 3. The average Bonchev–Trinajstić information content (AvgIpc) is 2.64. The Labute approximate surface area is 171 Å². The van der Waals surface area contributed by atoms with E-state index in [9.17, 15) is 14.0 Å². The maximum atomic E-state index is 13.8. The standard InChI is InChI=1S/C19H18Cl2FN3O3/c20-11-7-15(21)19(24-9-11)28-13-4-1-10(2-5-13)18(27)25-12-3-6-14(17(23)26)16(22)8-12/h3,6-10,13H,1-2,4-5H2,(H2,23,26)(H,25,27). The monoisotopic (exact) mass is 425 g/mol. The van der Waals surface area contributed by atoms with Crippen LogP contribution in [0.1, 0.15) is 36.0 Å². The molecular weight excluding hydrogens is 408 g/mol. The number of nitrogens with one attached hydrogen (secondary N) is 1. The summed E-state index contributed by atoms with van der Waals surface area (Å²) in [6.07, 6.45) is 3.92. The van der Waals surface area contributed by atoms with Gasteiger partial charge in [-0.25, -0.2) is 9.37 Å². The highest BCUT2D eigenvalue weighted by Crippen LogP contribution is 2.31. The van der Waals surface area contributed by atoms with Crippen LogP contribution in [0.4, 0.5) is 10.1 Å². The van der Waals surface area contributed by atoms with Crippen LogP contribution in [0.25, 0.3) is 0 Å². The Kier molecular flexibility index (Phi) is 6.36. The van der Waals surface area contributed by atoms with Gasteiger partial charge < -0.3 is 15.8 Å². The number of hydrogen-bond donors (Lipinski definition) is 2. The zero-order valence-corrected chi connectivity index (χ0v) is 16.3. The van der Waals surface area contributed by atoms with Gasteiger partial charge in [-0.15, -0.1) is 0 Å². The molecule has 6 nitrogen and oxygen atoms in total. The molecule has 0 aliphatic heterocycles. The summed E-state index contributed by atoms with van der Waals surface area (Å²) in [5, 5.41) is 3.45. The van der Waals surface area contributed by atoms with Gasteiger partial charge in [-0.05, 0) is 49.9 Å². The van der Waals surface area contributed by atoms with Crippen molar-refractivity contribution >= 4 is 40.7 Å². The van der Waals surface area contributed by atoms with Crippen molar-refractivity contribution < 1.29 is 18.7 Å². The number of nitrogens with zero attached hydrogens (tertiary/aromatic N) is 1. The third kappa shape index (κ3) is 4.91. The van der Waals surface area contributed by atoms with Gasteiger partial charge in [0.05, 0.1) is 10.6 Å². The second-order valence-electron chi connectivity index (χ2n) is 6.58. The molecular formula is C19H18Cl2FN3O3. The molecule has 148 valence electrons. The number of carbonyl (C=O) groups excluding carboxylic acids is 2. The van der Waals surface area contributed by atoms with E-state index < -0.39 is 11.7 Å². The second-order valence-corrected chi connectivity index (χ2v) is 7.42. The first-order valence-electron chi connectivity index (χ1n) is 8.71. The van der Waals surface area contributed by atoms with Crippen molar-refractivity contribution in [1.29, 1.82) is 0 Å². The Hall–Kier alpha value is -2.38. The number of carbonyl (C=O) groups is 2. The van der Waals surface area contributed by atoms with Crippen LogP contribution in [0.15, 0.2) is 30.5 Å². The summed E-state index contributed by atoms with van der Waals surface area (Å²) in [7, 11) is 0. The van der Waals surface area contributed by atoms with E-state index in [4.69, 9.17) is 33.7 Å². The molecule has 1 saturated carbocycles. The molecule has 0 unspecified atom stereocenters. The van der Waals surface area contributed by atoms with Crippen LogP contribution in [0.3, 0.4) is 0 Å². The second kappa shape index (κ2) is 8.75.